The zero-order valence-corrected chi connectivity index (χ0v) is 7.71. The molecule has 78 valence electrons. The number of aromatic nitrogens is 1. The van der Waals surface area contributed by atoms with Gasteiger partial charge in [-0.3, -0.25) is 10.7 Å². The number of hydroxylamine groups is 1. The maximum atomic E-state index is 8.60. The Balaban J connectivity index is 2.36. The maximum Gasteiger partial charge on any atom is 0.171 e. The second-order valence-corrected chi connectivity index (χ2v) is 2.96. The summed E-state index contributed by atoms with van der Waals surface area (Å²) in [5, 5.41) is 24.6. The van der Waals surface area contributed by atoms with Crippen LogP contribution in [0.3, 0.4) is 0 Å². The lowest BCUT2D eigenvalue weighted by Crippen LogP contribution is -2.21. The minimum absolute atomic E-state index is 0.00838. The van der Waals surface area contributed by atoms with E-state index < -0.39 is 0 Å². The third-order valence-electron chi connectivity index (χ3n) is 2.04. The van der Waals surface area contributed by atoms with Crippen molar-refractivity contribution in [2.24, 2.45) is 5.16 Å². The molecule has 1 aromatic heterocycles. The highest BCUT2D eigenvalue weighted by atomic mass is 16.5. The second-order valence-electron chi connectivity index (χ2n) is 2.96. The van der Waals surface area contributed by atoms with Crippen LogP contribution in [0.1, 0.15) is 5.69 Å². The van der Waals surface area contributed by atoms with E-state index in [1.807, 2.05) is 18.2 Å². The van der Waals surface area contributed by atoms with Crippen LogP contribution in [0, 0.1) is 0 Å². The molecule has 0 bridgehead atoms. The Kier molecular flexibility index (Phi) is 2.51. The van der Waals surface area contributed by atoms with Crippen LogP contribution in [0.5, 0.6) is 0 Å². The molecule has 0 amide bonds. The van der Waals surface area contributed by atoms with E-state index in [9.17, 15) is 0 Å². The number of fused-ring (bicyclic) bond motifs is 1. The van der Waals surface area contributed by atoms with E-state index in [0.717, 1.165) is 5.39 Å². The summed E-state index contributed by atoms with van der Waals surface area (Å²) in [6.07, 6.45) is 0.171. The first-order valence-corrected chi connectivity index (χ1v) is 4.29. The van der Waals surface area contributed by atoms with Crippen molar-refractivity contribution < 1.29 is 14.9 Å². The predicted octanol–water partition coefficient (Wildman–Crippen LogP) is 1.14. The van der Waals surface area contributed by atoms with Gasteiger partial charge >= 0.3 is 0 Å². The summed E-state index contributed by atoms with van der Waals surface area (Å²) in [7, 11) is 0. The first-order chi connectivity index (χ1) is 7.35. The second kappa shape index (κ2) is 3.97. The van der Waals surface area contributed by atoms with Gasteiger partial charge in [0.15, 0.2) is 11.4 Å². The standard InChI is InChI=1S/C9H9N3O3/c13-10-9(11-14)5-7-6-3-1-2-4-8(6)15-12-7/h1-4,13-14H,5H2,(H,10,11). The maximum absolute atomic E-state index is 8.60. The van der Waals surface area contributed by atoms with Crippen LogP contribution in [-0.4, -0.2) is 21.4 Å². The average molecular weight is 207 g/mol. The summed E-state index contributed by atoms with van der Waals surface area (Å²) >= 11 is 0. The van der Waals surface area contributed by atoms with Gasteiger partial charge in [-0.25, -0.2) is 0 Å². The summed E-state index contributed by atoms with van der Waals surface area (Å²) in [6, 6.07) is 7.31. The fourth-order valence-corrected chi connectivity index (χ4v) is 1.32. The van der Waals surface area contributed by atoms with E-state index in [1.165, 1.54) is 0 Å². The van der Waals surface area contributed by atoms with Gasteiger partial charge in [0.2, 0.25) is 0 Å². The number of nitrogens with zero attached hydrogens (tertiary/aromatic N) is 2. The first-order valence-electron chi connectivity index (χ1n) is 4.29. The van der Waals surface area contributed by atoms with Crippen molar-refractivity contribution in [3.63, 3.8) is 0 Å². The molecule has 3 N–H and O–H groups in total. The van der Waals surface area contributed by atoms with E-state index in [4.69, 9.17) is 14.9 Å². The predicted molar refractivity (Wildman–Crippen MR) is 51.9 cm³/mol. The molecule has 0 atom stereocenters. The number of amidine groups is 1. The van der Waals surface area contributed by atoms with Gasteiger partial charge in [0.1, 0.15) is 0 Å². The summed E-state index contributed by atoms with van der Waals surface area (Å²) < 4.78 is 5.04. The van der Waals surface area contributed by atoms with E-state index in [1.54, 1.807) is 11.5 Å². The lowest BCUT2D eigenvalue weighted by Gasteiger charge is -1.98. The van der Waals surface area contributed by atoms with Crippen molar-refractivity contribution in [3.8, 4) is 0 Å². The van der Waals surface area contributed by atoms with Crippen LogP contribution in [0.2, 0.25) is 0 Å². The highest BCUT2D eigenvalue weighted by molar-refractivity contribution is 5.88. The SMILES string of the molecule is O/N=C(/Cc1noc2ccccc12)NO. The van der Waals surface area contributed by atoms with E-state index >= 15 is 0 Å². The van der Waals surface area contributed by atoms with E-state index in [2.05, 4.69) is 10.3 Å². The molecular weight excluding hydrogens is 198 g/mol. The highest BCUT2D eigenvalue weighted by Gasteiger charge is 2.10. The molecule has 15 heavy (non-hydrogen) atoms. The number of para-hydroxylation sites is 1. The number of oxime groups is 1. The molecule has 0 fully saturated rings. The zero-order valence-electron chi connectivity index (χ0n) is 7.71. The van der Waals surface area contributed by atoms with Gasteiger partial charge in [0.25, 0.3) is 0 Å². The average Bonchev–Trinajstić information content (AvgIpc) is 2.69. The molecule has 0 aliphatic heterocycles. The molecule has 0 radical (unpaired) electrons. The van der Waals surface area contributed by atoms with Crippen LogP contribution in [-0.2, 0) is 6.42 Å². The fourth-order valence-electron chi connectivity index (χ4n) is 1.32. The summed E-state index contributed by atoms with van der Waals surface area (Å²) in [5.41, 5.74) is 3.03. The third-order valence-corrected chi connectivity index (χ3v) is 2.04. The topological polar surface area (TPSA) is 90.9 Å². The zero-order chi connectivity index (χ0) is 10.7. The number of hydrogen-bond acceptors (Lipinski definition) is 5. The minimum Gasteiger partial charge on any atom is -0.409 e. The molecule has 1 aromatic carbocycles. The van der Waals surface area contributed by atoms with Gasteiger partial charge in [0.05, 0.1) is 12.1 Å². The molecule has 6 nitrogen and oxygen atoms in total. The lowest BCUT2D eigenvalue weighted by molar-refractivity contribution is 0.220. The van der Waals surface area contributed by atoms with Crippen LogP contribution >= 0.6 is 0 Å². The molecule has 0 spiro atoms. The minimum atomic E-state index is 0.00838. The van der Waals surface area contributed by atoms with Crippen LogP contribution in [0.4, 0.5) is 0 Å². The first kappa shape index (κ1) is 9.47. The largest absolute Gasteiger partial charge is 0.409 e. The van der Waals surface area contributed by atoms with Crippen LogP contribution in [0.15, 0.2) is 33.9 Å². The van der Waals surface area contributed by atoms with Crippen molar-refractivity contribution in [3.05, 3.63) is 30.0 Å². The Hall–Kier alpha value is -2.08. The Morgan fingerprint density at radius 2 is 2.27 bits per heavy atom. The van der Waals surface area contributed by atoms with Crippen LogP contribution in [0.25, 0.3) is 11.0 Å². The Bertz CT molecular complexity index is 492. The van der Waals surface area contributed by atoms with Crippen molar-refractivity contribution in [2.75, 3.05) is 0 Å². The van der Waals surface area contributed by atoms with Crippen molar-refractivity contribution in [1.29, 1.82) is 0 Å². The lowest BCUT2D eigenvalue weighted by atomic mass is 10.2. The van der Waals surface area contributed by atoms with E-state index in [0.29, 0.717) is 11.3 Å². The number of hydrogen-bond donors (Lipinski definition) is 3. The molecule has 2 aromatic rings. The molecule has 0 unspecified atom stereocenters. The molecule has 1 heterocycles. The molecular formula is C9H9N3O3. The van der Waals surface area contributed by atoms with Gasteiger partial charge in [-0.2, -0.15) is 0 Å². The van der Waals surface area contributed by atoms with Gasteiger partial charge < -0.3 is 9.73 Å². The summed E-state index contributed by atoms with van der Waals surface area (Å²) in [6.45, 7) is 0. The molecule has 0 saturated carbocycles. The summed E-state index contributed by atoms with van der Waals surface area (Å²) in [5.74, 6) is 0.00838. The molecule has 6 heteroatoms. The smallest absolute Gasteiger partial charge is 0.171 e. The fraction of sp³-hybridized carbons (Fsp3) is 0.111. The number of nitrogens with one attached hydrogen (secondary N) is 1. The quantitative estimate of drug-likeness (QED) is 0.297. The molecule has 2 rings (SSSR count). The molecule has 0 saturated heterocycles. The van der Waals surface area contributed by atoms with Crippen LogP contribution < -0.4 is 5.48 Å². The van der Waals surface area contributed by atoms with Gasteiger partial charge in [-0.05, 0) is 12.1 Å². The van der Waals surface area contributed by atoms with Gasteiger partial charge in [-0.1, -0.05) is 22.4 Å². The van der Waals surface area contributed by atoms with Crippen molar-refractivity contribution in [1.82, 2.24) is 10.6 Å². The van der Waals surface area contributed by atoms with Crippen molar-refractivity contribution in [2.45, 2.75) is 6.42 Å². The van der Waals surface area contributed by atoms with Crippen molar-refractivity contribution >= 4 is 16.8 Å². The molecule has 0 aliphatic rings. The molecule has 0 aliphatic carbocycles. The normalized spacial score (nSPS) is 11.9. The monoisotopic (exact) mass is 207 g/mol. The van der Waals surface area contributed by atoms with E-state index in [-0.39, 0.29) is 12.3 Å². The Labute approximate surface area is 84.8 Å². The Morgan fingerprint density at radius 3 is 3.00 bits per heavy atom. The number of rotatable bonds is 2. The van der Waals surface area contributed by atoms with Gasteiger partial charge in [-0.15, -0.1) is 0 Å². The van der Waals surface area contributed by atoms with Gasteiger partial charge in [0, 0.05) is 5.39 Å². The third kappa shape index (κ3) is 1.75. The number of benzene rings is 1. The Morgan fingerprint density at radius 1 is 1.47 bits per heavy atom. The summed E-state index contributed by atoms with van der Waals surface area (Å²) in [4.78, 5) is 0. The highest BCUT2D eigenvalue weighted by Crippen LogP contribution is 2.17.